The summed E-state index contributed by atoms with van der Waals surface area (Å²) in [4.78, 5) is 14.1. The minimum atomic E-state index is -0.550. The summed E-state index contributed by atoms with van der Waals surface area (Å²) in [6.07, 6.45) is 2.17. The van der Waals surface area contributed by atoms with Crippen molar-refractivity contribution in [2.24, 2.45) is 0 Å². The predicted molar refractivity (Wildman–Crippen MR) is 168 cm³/mol. The third kappa shape index (κ3) is 12.9. The molecule has 0 saturated heterocycles. The number of benzene rings is 4. The zero-order valence-electron chi connectivity index (χ0n) is 24.3. The second-order valence-corrected chi connectivity index (χ2v) is 9.86. The number of rotatable bonds is 6. The van der Waals surface area contributed by atoms with Crippen LogP contribution in [0.5, 0.6) is 0 Å². The smallest absolute Gasteiger partial charge is 0.0931 e. The van der Waals surface area contributed by atoms with Crippen molar-refractivity contribution in [2.75, 3.05) is 0 Å². The second-order valence-electron chi connectivity index (χ2n) is 9.86. The van der Waals surface area contributed by atoms with Crippen molar-refractivity contribution in [1.82, 2.24) is 19.9 Å². The van der Waals surface area contributed by atoms with Crippen LogP contribution >= 0.6 is 0 Å². The minimum absolute atomic E-state index is 0. The van der Waals surface area contributed by atoms with Crippen LogP contribution in [0.1, 0.15) is 50.0 Å². The van der Waals surface area contributed by atoms with Crippen LogP contribution in [0.4, 0.5) is 0 Å². The molecule has 8 nitrogen and oxygen atoms in total. The monoisotopic (exact) mass is 627 g/mol. The number of aromatic amines is 2. The zero-order chi connectivity index (χ0) is 30.2. The van der Waals surface area contributed by atoms with Crippen molar-refractivity contribution in [3.05, 3.63) is 133 Å². The van der Waals surface area contributed by atoms with Crippen molar-refractivity contribution >= 4 is 22.1 Å². The van der Waals surface area contributed by atoms with Crippen LogP contribution in [-0.4, -0.2) is 52.6 Å². The fraction of sp³-hybridized carbons (Fsp3) is 0.235. The van der Waals surface area contributed by atoms with Gasteiger partial charge in [0, 0.05) is 29.6 Å². The number of fused-ring (bicyclic) bond motifs is 2. The maximum Gasteiger partial charge on any atom is 0.0931 e. The molecule has 0 bridgehead atoms. The van der Waals surface area contributed by atoms with Crippen LogP contribution in [0, 0.1) is 0 Å². The Morgan fingerprint density at radius 3 is 1.16 bits per heavy atom. The first kappa shape index (κ1) is 35.4. The van der Waals surface area contributed by atoms with Crippen LogP contribution < -0.4 is 0 Å². The Bertz CT molecular complexity index is 1360. The molecule has 4 atom stereocenters. The van der Waals surface area contributed by atoms with Gasteiger partial charge in [0.25, 0.3) is 0 Å². The molecule has 0 aliphatic carbocycles. The van der Waals surface area contributed by atoms with E-state index in [2.05, 4.69) is 19.9 Å². The summed E-state index contributed by atoms with van der Waals surface area (Å²) in [7, 11) is 0. The van der Waals surface area contributed by atoms with Gasteiger partial charge in [-0.05, 0) is 49.2 Å². The number of nitrogens with zero attached hydrogens (tertiary/aromatic N) is 2. The largest absolute Gasteiger partial charge is 0.393 e. The molecule has 0 aliphatic heterocycles. The summed E-state index contributed by atoms with van der Waals surface area (Å²) in [5, 5.41) is 37.1. The van der Waals surface area contributed by atoms with Gasteiger partial charge in [-0.1, -0.05) is 84.9 Å². The number of aliphatic hydroxyl groups excluding tert-OH is 4. The standard InChI is InChI=1S/2C10H14O2.2C7H6N2.Co/c2*1-8(11)7-10(12)9-5-3-2-4-6-9;2*1-2-4-7-6(3-1)8-5-9-7;/h2*2-6,8,10-12H,7H2,1H3;2*1-5H,(H,8,9);. The maximum atomic E-state index is 9.53. The maximum absolute atomic E-state index is 9.53. The number of aliphatic hydroxyl groups is 4. The van der Waals surface area contributed by atoms with Gasteiger partial charge in [0.05, 0.1) is 59.1 Å². The Morgan fingerprint density at radius 2 is 0.837 bits per heavy atom. The molecule has 4 aromatic carbocycles. The molecule has 0 saturated carbocycles. The van der Waals surface area contributed by atoms with Crippen LogP contribution in [0.2, 0.25) is 0 Å². The van der Waals surface area contributed by atoms with E-state index in [0.29, 0.717) is 12.8 Å². The van der Waals surface area contributed by atoms with E-state index in [1.54, 1.807) is 26.5 Å². The molecule has 0 aliphatic rings. The van der Waals surface area contributed by atoms with Crippen molar-refractivity contribution in [1.29, 1.82) is 0 Å². The molecular formula is C34H40CoN4O4. The Labute approximate surface area is 262 Å². The van der Waals surface area contributed by atoms with Gasteiger partial charge in [-0.3, -0.25) is 0 Å². The first-order valence-electron chi connectivity index (χ1n) is 13.9. The number of hydrogen-bond donors (Lipinski definition) is 6. The summed E-state index contributed by atoms with van der Waals surface area (Å²) in [6.45, 7) is 3.35. The molecule has 6 rings (SSSR count). The van der Waals surface area contributed by atoms with Gasteiger partial charge < -0.3 is 30.4 Å². The minimum Gasteiger partial charge on any atom is -0.393 e. The Balaban J connectivity index is 0.000000200. The fourth-order valence-electron chi connectivity index (χ4n) is 4.03. The van der Waals surface area contributed by atoms with Gasteiger partial charge in [0.1, 0.15) is 0 Å². The normalized spacial score (nSPS) is 13.0. The second kappa shape index (κ2) is 19.4. The number of nitrogens with one attached hydrogen (secondary N) is 2. The van der Waals surface area contributed by atoms with Gasteiger partial charge in [0.15, 0.2) is 0 Å². The van der Waals surface area contributed by atoms with Crippen molar-refractivity contribution in [3.63, 3.8) is 0 Å². The van der Waals surface area contributed by atoms with Gasteiger partial charge in [-0.25, -0.2) is 9.97 Å². The molecule has 0 spiro atoms. The van der Waals surface area contributed by atoms with Crippen molar-refractivity contribution in [3.8, 4) is 0 Å². The molecule has 1 radical (unpaired) electrons. The first-order chi connectivity index (χ1) is 20.3. The molecule has 43 heavy (non-hydrogen) atoms. The third-order valence-electron chi connectivity index (χ3n) is 6.15. The molecule has 229 valence electrons. The summed E-state index contributed by atoms with van der Waals surface area (Å²) >= 11 is 0. The third-order valence-corrected chi connectivity index (χ3v) is 6.15. The zero-order valence-corrected chi connectivity index (χ0v) is 25.3. The van der Waals surface area contributed by atoms with Crippen LogP contribution in [0.3, 0.4) is 0 Å². The van der Waals surface area contributed by atoms with E-state index in [1.807, 2.05) is 109 Å². The number of hydrogen-bond acceptors (Lipinski definition) is 6. The molecule has 2 aromatic heterocycles. The van der Waals surface area contributed by atoms with E-state index in [4.69, 9.17) is 10.2 Å². The Hall–Kier alpha value is -3.83. The Morgan fingerprint density at radius 1 is 0.512 bits per heavy atom. The topological polar surface area (TPSA) is 138 Å². The first-order valence-corrected chi connectivity index (χ1v) is 13.9. The van der Waals surface area contributed by atoms with Gasteiger partial charge in [0.2, 0.25) is 0 Å². The number of H-pyrrole nitrogens is 2. The molecule has 4 unspecified atom stereocenters. The van der Waals surface area contributed by atoms with E-state index in [9.17, 15) is 10.2 Å². The molecular weight excluding hydrogens is 587 g/mol. The van der Waals surface area contributed by atoms with Crippen LogP contribution in [0.25, 0.3) is 22.1 Å². The molecule has 6 N–H and O–H groups in total. The number of aromatic nitrogens is 4. The molecule has 2 heterocycles. The van der Waals surface area contributed by atoms with Gasteiger partial charge in [-0.15, -0.1) is 0 Å². The van der Waals surface area contributed by atoms with Gasteiger partial charge >= 0.3 is 0 Å². The van der Waals surface area contributed by atoms with Gasteiger partial charge in [-0.2, -0.15) is 0 Å². The fourth-order valence-corrected chi connectivity index (χ4v) is 4.03. The molecule has 6 aromatic rings. The van der Waals surface area contributed by atoms with Crippen molar-refractivity contribution < 1.29 is 37.2 Å². The molecule has 0 fully saturated rings. The number of para-hydroxylation sites is 4. The average molecular weight is 628 g/mol. The molecule has 0 amide bonds. The van der Waals surface area contributed by atoms with E-state index in [0.717, 1.165) is 33.2 Å². The summed E-state index contributed by atoms with van der Waals surface area (Å²) < 4.78 is 0. The van der Waals surface area contributed by atoms with Crippen LogP contribution in [-0.2, 0) is 16.8 Å². The molecule has 9 heteroatoms. The quantitative estimate of drug-likeness (QED) is 0.132. The SMILES string of the molecule is CC(O)CC(O)c1ccccc1.CC(O)CC(O)c1ccccc1.[Co].c1ccc2[nH]cnc2c1.c1ccc2[nH]cnc2c1. The van der Waals surface area contributed by atoms with E-state index >= 15 is 0 Å². The van der Waals surface area contributed by atoms with Crippen molar-refractivity contribution in [2.45, 2.75) is 51.1 Å². The van der Waals surface area contributed by atoms with E-state index < -0.39 is 24.4 Å². The predicted octanol–water partition coefficient (Wildman–Crippen LogP) is 6.11. The summed E-state index contributed by atoms with van der Waals surface area (Å²) in [5.74, 6) is 0. The average Bonchev–Trinajstić information content (AvgIpc) is 3.68. The van der Waals surface area contributed by atoms with E-state index in [-0.39, 0.29) is 16.8 Å². The Kier molecular flexibility index (Phi) is 15.9. The summed E-state index contributed by atoms with van der Waals surface area (Å²) in [6, 6.07) is 34.6. The van der Waals surface area contributed by atoms with E-state index in [1.165, 1.54) is 0 Å². The number of imidazole rings is 2. The van der Waals surface area contributed by atoms with Crippen LogP contribution in [0.15, 0.2) is 122 Å². The summed E-state index contributed by atoms with van der Waals surface area (Å²) in [5.41, 5.74) is 5.96.